The van der Waals surface area contributed by atoms with Gasteiger partial charge in [-0.2, -0.15) is 0 Å². The number of hydrogen-bond acceptors (Lipinski definition) is 5. The summed E-state index contributed by atoms with van der Waals surface area (Å²) in [7, 11) is 0. The second kappa shape index (κ2) is 9.06. The number of fused-ring (bicyclic) bond motifs is 1. The number of tetrazole rings is 1. The topological polar surface area (TPSA) is 101 Å². The molecule has 0 aliphatic carbocycles. The molecule has 0 amide bonds. The summed E-state index contributed by atoms with van der Waals surface area (Å²) in [6, 6.07) is 7.94. The maximum absolute atomic E-state index is 12.8. The number of aromatic nitrogens is 5. The van der Waals surface area contributed by atoms with E-state index in [9.17, 15) is 9.90 Å². The Morgan fingerprint density at radius 3 is 2.70 bits per heavy atom. The van der Waals surface area contributed by atoms with Gasteiger partial charge in [0.15, 0.2) is 0 Å². The highest BCUT2D eigenvalue weighted by Gasteiger charge is 2.32. The van der Waals surface area contributed by atoms with Crippen molar-refractivity contribution in [2.24, 2.45) is 0 Å². The van der Waals surface area contributed by atoms with E-state index in [0.717, 1.165) is 40.0 Å². The van der Waals surface area contributed by atoms with Crippen LogP contribution in [0.1, 0.15) is 63.5 Å². The van der Waals surface area contributed by atoms with Crippen molar-refractivity contribution in [3.63, 3.8) is 0 Å². The molecule has 30 heavy (non-hydrogen) atoms. The third-order valence-electron chi connectivity index (χ3n) is 5.44. The normalized spacial score (nSPS) is 14.2. The van der Waals surface area contributed by atoms with Crippen LogP contribution in [0.15, 0.2) is 29.1 Å². The van der Waals surface area contributed by atoms with Gasteiger partial charge in [0.1, 0.15) is 19.1 Å². The smallest absolute Gasteiger partial charge is 0.257 e. The lowest BCUT2D eigenvalue weighted by atomic mass is 10.0. The summed E-state index contributed by atoms with van der Waals surface area (Å²) in [6.45, 7) is 11.4. The number of hydrogen-bond donors (Lipinski definition) is 3. The lowest BCUT2D eigenvalue weighted by Crippen LogP contribution is -3.11. The van der Waals surface area contributed by atoms with Crippen molar-refractivity contribution in [3.8, 4) is 0 Å². The van der Waals surface area contributed by atoms with Crippen LogP contribution in [0.4, 0.5) is 0 Å². The molecule has 162 valence electrons. The molecule has 8 heteroatoms. The molecule has 0 aliphatic heterocycles. The zero-order valence-electron chi connectivity index (χ0n) is 18.6. The summed E-state index contributed by atoms with van der Waals surface area (Å²) in [6.07, 6.45) is 1.81. The van der Waals surface area contributed by atoms with Gasteiger partial charge in [-0.15, -0.1) is 5.10 Å². The van der Waals surface area contributed by atoms with E-state index in [1.54, 1.807) is 0 Å². The summed E-state index contributed by atoms with van der Waals surface area (Å²) in [5.74, 6) is 0.792. The number of aryl methyl sites for hydroxylation is 1. The predicted molar refractivity (Wildman–Crippen MR) is 116 cm³/mol. The Morgan fingerprint density at radius 1 is 1.27 bits per heavy atom. The number of H-pyrrole nitrogens is 1. The lowest BCUT2D eigenvalue weighted by Gasteiger charge is -2.29. The Balaban J connectivity index is 2.01. The molecule has 3 N–H and O–H groups in total. The number of benzene rings is 1. The van der Waals surface area contributed by atoms with E-state index >= 15 is 0 Å². The van der Waals surface area contributed by atoms with Gasteiger partial charge in [-0.05, 0) is 61.7 Å². The molecular weight excluding hydrogens is 380 g/mol. The fraction of sp³-hybridized carbons (Fsp3) is 0.545. The first-order chi connectivity index (χ1) is 14.2. The highest BCUT2D eigenvalue weighted by atomic mass is 16.3. The first-order valence-electron chi connectivity index (χ1n) is 10.6. The minimum atomic E-state index is -0.257. The molecule has 0 radical (unpaired) electrons. The summed E-state index contributed by atoms with van der Waals surface area (Å²) in [4.78, 5) is 16.9. The molecule has 0 saturated heterocycles. The van der Waals surface area contributed by atoms with E-state index < -0.39 is 0 Å². The Morgan fingerprint density at radius 2 is 2.03 bits per heavy atom. The zero-order chi connectivity index (χ0) is 21.9. The molecule has 8 nitrogen and oxygen atoms in total. The third-order valence-corrected chi connectivity index (χ3v) is 5.44. The van der Waals surface area contributed by atoms with Gasteiger partial charge >= 0.3 is 0 Å². The van der Waals surface area contributed by atoms with E-state index in [2.05, 4.69) is 54.3 Å². The second-order valence-corrected chi connectivity index (χ2v) is 8.98. The number of aromatic amines is 1. The van der Waals surface area contributed by atoms with Crippen molar-refractivity contribution in [2.45, 2.75) is 65.6 Å². The summed E-state index contributed by atoms with van der Waals surface area (Å²) in [5.41, 5.74) is 2.33. The molecule has 2 atom stereocenters. The standard InChI is InChI=1S/C22H32N6O2/c1-6-7-19(20-24-25-26-28(20)22(3,4)5)27(10-11-29)14-17-13-16-12-15(2)8-9-18(16)23-21(17)30/h8-9,12-13,19,29H,6-7,10-11,14H2,1-5H3,(H,23,30)/p+1/t19-/m1/s1. The van der Waals surface area contributed by atoms with Gasteiger partial charge in [0.25, 0.3) is 5.56 Å². The van der Waals surface area contributed by atoms with Gasteiger partial charge in [0.2, 0.25) is 5.82 Å². The van der Waals surface area contributed by atoms with Crippen LogP contribution in [0.25, 0.3) is 10.9 Å². The van der Waals surface area contributed by atoms with E-state index in [0.29, 0.717) is 18.7 Å². The molecule has 1 aromatic carbocycles. The highest BCUT2D eigenvalue weighted by molar-refractivity contribution is 5.79. The molecule has 0 bridgehead atoms. The molecule has 1 unspecified atom stereocenters. The monoisotopic (exact) mass is 413 g/mol. The van der Waals surface area contributed by atoms with E-state index in [1.165, 1.54) is 0 Å². The number of quaternary nitrogens is 1. The third kappa shape index (κ3) is 4.76. The van der Waals surface area contributed by atoms with Crippen LogP contribution in [0.2, 0.25) is 0 Å². The SMILES string of the molecule is CCC[C@H](c1nnnn1C(C)(C)C)[NH+](CCO)Cc1cc2cc(C)ccc2[nH]c1=O. The molecule has 0 spiro atoms. The largest absolute Gasteiger partial charge is 0.391 e. The maximum atomic E-state index is 12.8. The molecule has 0 saturated carbocycles. The predicted octanol–water partition coefficient (Wildman–Crippen LogP) is 1.50. The van der Waals surface area contributed by atoms with Crippen LogP contribution < -0.4 is 10.5 Å². The number of aliphatic hydroxyl groups excluding tert-OH is 1. The van der Waals surface area contributed by atoms with Crippen LogP contribution >= 0.6 is 0 Å². The fourth-order valence-corrected chi connectivity index (χ4v) is 3.97. The quantitative estimate of drug-likeness (QED) is 0.520. The van der Waals surface area contributed by atoms with Crippen molar-refractivity contribution >= 4 is 10.9 Å². The Hall–Kier alpha value is -2.58. The highest BCUT2D eigenvalue weighted by Crippen LogP contribution is 2.20. The molecule has 0 fully saturated rings. The van der Waals surface area contributed by atoms with Gasteiger partial charge in [0, 0.05) is 11.9 Å². The number of nitrogens with one attached hydrogen (secondary N) is 2. The second-order valence-electron chi connectivity index (χ2n) is 8.98. The van der Waals surface area contributed by atoms with E-state index in [4.69, 9.17) is 0 Å². The van der Waals surface area contributed by atoms with Gasteiger partial charge < -0.3 is 15.0 Å². The number of nitrogens with zero attached hydrogens (tertiary/aromatic N) is 4. The van der Waals surface area contributed by atoms with E-state index in [-0.39, 0.29) is 23.7 Å². The molecule has 2 heterocycles. The average Bonchev–Trinajstić information content (AvgIpc) is 3.16. The summed E-state index contributed by atoms with van der Waals surface area (Å²) < 4.78 is 1.86. The van der Waals surface area contributed by atoms with Crippen LogP contribution in [-0.2, 0) is 12.1 Å². The summed E-state index contributed by atoms with van der Waals surface area (Å²) >= 11 is 0. The van der Waals surface area contributed by atoms with Gasteiger partial charge in [-0.25, -0.2) is 4.68 Å². The Labute approximate surface area is 176 Å². The van der Waals surface area contributed by atoms with E-state index in [1.807, 2.05) is 29.8 Å². The van der Waals surface area contributed by atoms with Crippen molar-refractivity contribution in [1.29, 1.82) is 0 Å². The number of pyridine rings is 1. The van der Waals surface area contributed by atoms with Crippen molar-refractivity contribution in [2.75, 3.05) is 13.2 Å². The number of aliphatic hydroxyl groups is 1. The molecule has 0 aliphatic rings. The zero-order valence-corrected chi connectivity index (χ0v) is 18.6. The molecular formula is C22H33N6O2+. The van der Waals surface area contributed by atoms with Gasteiger partial charge in [-0.3, -0.25) is 4.79 Å². The van der Waals surface area contributed by atoms with Crippen LogP contribution in [0, 0.1) is 6.92 Å². The maximum Gasteiger partial charge on any atom is 0.257 e. The fourth-order valence-electron chi connectivity index (χ4n) is 3.97. The first kappa shape index (κ1) is 22.1. The lowest BCUT2D eigenvalue weighted by molar-refractivity contribution is -0.946. The average molecular weight is 414 g/mol. The van der Waals surface area contributed by atoms with Crippen molar-refractivity contribution < 1.29 is 10.0 Å². The molecule has 3 aromatic rings. The minimum absolute atomic E-state index is 0.0241. The first-order valence-corrected chi connectivity index (χ1v) is 10.6. The Bertz CT molecular complexity index is 1050. The van der Waals surface area contributed by atoms with Crippen molar-refractivity contribution in [3.05, 3.63) is 51.6 Å². The van der Waals surface area contributed by atoms with Crippen molar-refractivity contribution in [1.82, 2.24) is 25.2 Å². The van der Waals surface area contributed by atoms with Gasteiger partial charge in [0.05, 0.1) is 17.7 Å². The molecule has 3 rings (SSSR count). The summed E-state index contributed by atoms with van der Waals surface area (Å²) in [5, 5.41) is 23.3. The van der Waals surface area contributed by atoms with Crippen LogP contribution in [0.3, 0.4) is 0 Å². The molecule has 2 aromatic heterocycles. The number of rotatable bonds is 8. The van der Waals surface area contributed by atoms with Crippen LogP contribution in [0.5, 0.6) is 0 Å². The van der Waals surface area contributed by atoms with Gasteiger partial charge in [-0.1, -0.05) is 25.0 Å². The Kier molecular flexibility index (Phi) is 6.67. The van der Waals surface area contributed by atoms with Crippen LogP contribution in [-0.4, -0.2) is 43.4 Å². The minimum Gasteiger partial charge on any atom is -0.391 e.